The lowest BCUT2D eigenvalue weighted by molar-refractivity contribution is -0.143. The van der Waals surface area contributed by atoms with Gasteiger partial charge >= 0.3 is 5.97 Å². The highest BCUT2D eigenvalue weighted by Gasteiger charge is 2.45. The number of ether oxygens (including phenoxy) is 4. The van der Waals surface area contributed by atoms with Crippen LogP contribution in [0.25, 0.3) is 0 Å². The topological polar surface area (TPSA) is 83.1 Å². The fraction of sp³-hybridized carbons (Fsp3) is 0.379. The van der Waals surface area contributed by atoms with E-state index in [4.69, 9.17) is 18.9 Å². The van der Waals surface area contributed by atoms with E-state index in [1.807, 2.05) is 57.2 Å². The lowest BCUT2D eigenvalue weighted by Crippen LogP contribution is -2.42. The van der Waals surface area contributed by atoms with E-state index in [9.17, 15) is 9.59 Å². The number of carbonyl (C=O) groups is 2. The van der Waals surface area contributed by atoms with Crippen LogP contribution in [0.15, 0.2) is 65.5 Å². The molecule has 0 saturated carbocycles. The minimum absolute atomic E-state index is 0.0583. The number of ketones is 1. The van der Waals surface area contributed by atoms with Crippen LogP contribution in [-0.4, -0.2) is 39.2 Å². The summed E-state index contributed by atoms with van der Waals surface area (Å²) in [6.45, 7) is 5.47. The van der Waals surface area contributed by atoms with Crippen LogP contribution in [0.2, 0.25) is 0 Å². The van der Waals surface area contributed by atoms with Gasteiger partial charge in [-0.2, -0.15) is 0 Å². The van der Waals surface area contributed by atoms with Gasteiger partial charge in [0.25, 0.3) is 0 Å². The van der Waals surface area contributed by atoms with Crippen LogP contribution in [0.1, 0.15) is 50.2 Å². The summed E-state index contributed by atoms with van der Waals surface area (Å²) >= 11 is 0. The Labute approximate surface area is 212 Å². The van der Waals surface area contributed by atoms with E-state index in [-0.39, 0.29) is 17.8 Å². The zero-order valence-electron chi connectivity index (χ0n) is 21.6. The van der Waals surface area contributed by atoms with Crippen molar-refractivity contribution in [1.82, 2.24) is 5.32 Å². The molecule has 0 fully saturated rings. The smallest absolute Gasteiger partial charge is 0.336 e. The summed E-state index contributed by atoms with van der Waals surface area (Å²) in [6.07, 6.45) is 2.15. The van der Waals surface area contributed by atoms with Gasteiger partial charge in [0.05, 0.1) is 38.9 Å². The van der Waals surface area contributed by atoms with Crippen molar-refractivity contribution >= 4 is 11.8 Å². The highest BCUT2D eigenvalue weighted by Crippen LogP contribution is 2.47. The predicted octanol–water partition coefficient (Wildman–Crippen LogP) is 4.88. The zero-order valence-corrected chi connectivity index (χ0v) is 21.6. The fourth-order valence-corrected chi connectivity index (χ4v) is 5.09. The molecule has 4 rings (SSSR count). The van der Waals surface area contributed by atoms with Gasteiger partial charge in [-0.15, -0.1) is 0 Å². The summed E-state index contributed by atoms with van der Waals surface area (Å²) in [4.78, 5) is 27.0. The lowest BCUT2D eigenvalue weighted by Gasteiger charge is -2.39. The molecular formula is C29H33NO6. The lowest BCUT2D eigenvalue weighted by atomic mass is 9.68. The molecule has 3 atom stereocenters. The number of esters is 1. The van der Waals surface area contributed by atoms with E-state index in [1.54, 1.807) is 27.4 Å². The molecule has 7 heteroatoms. The van der Waals surface area contributed by atoms with E-state index in [0.717, 1.165) is 22.6 Å². The second kappa shape index (κ2) is 10.5. The maximum absolute atomic E-state index is 13.8. The summed E-state index contributed by atoms with van der Waals surface area (Å²) in [5.41, 5.74) is 3.74. The Morgan fingerprint density at radius 1 is 0.917 bits per heavy atom. The monoisotopic (exact) mass is 491 g/mol. The summed E-state index contributed by atoms with van der Waals surface area (Å²) in [7, 11) is 4.76. The standard InChI is InChI=1S/C29H33NO6/c1-16(2)36-29(32)26-17(3)30-22-13-20(18-7-10-21(33-4)11-8-18)14-23(31)28(22)27(26)19-9-12-24(34-5)25(15-19)35-6/h7-13,15-16,20,27-28,30H,14H2,1-6H3. The van der Waals surface area contributed by atoms with E-state index in [1.165, 1.54) is 0 Å². The van der Waals surface area contributed by atoms with Gasteiger partial charge in [-0.1, -0.05) is 24.3 Å². The van der Waals surface area contributed by atoms with Crippen molar-refractivity contribution in [3.8, 4) is 17.2 Å². The first-order chi connectivity index (χ1) is 17.3. The van der Waals surface area contributed by atoms with Crippen molar-refractivity contribution in [2.45, 2.75) is 45.1 Å². The highest BCUT2D eigenvalue weighted by molar-refractivity contribution is 5.96. The average molecular weight is 492 g/mol. The molecule has 1 aliphatic carbocycles. The largest absolute Gasteiger partial charge is 0.497 e. The van der Waals surface area contributed by atoms with Crippen molar-refractivity contribution in [2.24, 2.45) is 5.92 Å². The molecule has 7 nitrogen and oxygen atoms in total. The van der Waals surface area contributed by atoms with Gasteiger partial charge in [-0.25, -0.2) is 4.79 Å². The third kappa shape index (κ3) is 4.83. The SMILES string of the molecule is COc1ccc(C2C=C3NC(C)=C(C(=O)OC(C)C)C(c4ccc(OC)c(OC)c4)C3C(=O)C2)cc1. The molecule has 1 aliphatic heterocycles. The van der Waals surface area contributed by atoms with Crippen LogP contribution in [0.3, 0.4) is 0 Å². The van der Waals surface area contributed by atoms with Crippen molar-refractivity contribution in [1.29, 1.82) is 0 Å². The molecular weight excluding hydrogens is 458 g/mol. The number of carbonyl (C=O) groups excluding carboxylic acids is 2. The van der Waals surface area contributed by atoms with Gasteiger partial charge in [-0.05, 0) is 56.2 Å². The van der Waals surface area contributed by atoms with E-state index >= 15 is 0 Å². The molecule has 2 aromatic rings. The Morgan fingerprint density at radius 2 is 1.58 bits per heavy atom. The normalized spacial score (nSPS) is 21.4. The number of rotatable bonds is 7. The van der Waals surface area contributed by atoms with Crippen LogP contribution in [0.4, 0.5) is 0 Å². The van der Waals surface area contributed by atoms with E-state index in [0.29, 0.717) is 29.2 Å². The fourth-order valence-electron chi connectivity index (χ4n) is 5.09. The van der Waals surface area contributed by atoms with Crippen LogP contribution in [0.5, 0.6) is 17.2 Å². The number of methoxy groups -OCH3 is 3. The Hall–Kier alpha value is -3.74. The molecule has 3 unspecified atom stereocenters. The Kier molecular flexibility index (Phi) is 7.38. The molecule has 190 valence electrons. The molecule has 1 heterocycles. The summed E-state index contributed by atoms with van der Waals surface area (Å²) < 4.78 is 21.8. The van der Waals surface area contributed by atoms with E-state index in [2.05, 4.69) is 11.4 Å². The molecule has 0 bridgehead atoms. The average Bonchev–Trinajstić information content (AvgIpc) is 2.86. The predicted molar refractivity (Wildman–Crippen MR) is 136 cm³/mol. The number of fused-ring (bicyclic) bond motifs is 1. The van der Waals surface area contributed by atoms with Crippen molar-refractivity contribution < 1.29 is 28.5 Å². The molecule has 0 saturated heterocycles. The van der Waals surface area contributed by atoms with Crippen LogP contribution in [0, 0.1) is 5.92 Å². The Balaban J connectivity index is 1.82. The molecule has 1 N–H and O–H groups in total. The number of Topliss-reactive ketones (excluding diaryl/α,β-unsaturated/α-hetero) is 1. The van der Waals surface area contributed by atoms with Gasteiger partial charge < -0.3 is 24.3 Å². The summed E-state index contributed by atoms with van der Waals surface area (Å²) in [5, 5.41) is 3.36. The molecule has 0 aromatic heterocycles. The summed E-state index contributed by atoms with van der Waals surface area (Å²) in [6, 6.07) is 13.3. The van der Waals surface area contributed by atoms with Crippen molar-refractivity contribution in [3.05, 3.63) is 76.6 Å². The Bertz CT molecular complexity index is 1210. The van der Waals surface area contributed by atoms with Crippen LogP contribution >= 0.6 is 0 Å². The van der Waals surface area contributed by atoms with Crippen LogP contribution in [-0.2, 0) is 14.3 Å². The number of allylic oxidation sites excluding steroid dienone is 3. The quantitative estimate of drug-likeness (QED) is 0.553. The minimum atomic E-state index is -0.545. The van der Waals surface area contributed by atoms with Gasteiger partial charge in [0.2, 0.25) is 0 Å². The van der Waals surface area contributed by atoms with Crippen LogP contribution < -0.4 is 19.5 Å². The Morgan fingerprint density at radius 3 is 2.19 bits per heavy atom. The van der Waals surface area contributed by atoms with E-state index < -0.39 is 17.8 Å². The maximum Gasteiger partial charge on any atom is 0.336 e. The first-order valence-corrected chi connectivity index (χ1v) is 12.1. The maximum atomic E-state index is 13.8. The zero-order chi connectivity index (χ0) is 26.0. The molecule has 0 spiro atoms. The molecule has 2 aliphatic rings. The van der Waals surface area contributed by atoms with Crippen molar-refractivity contribution in [3.63, 3.8) is 0 Å². The molecule has 36 heavy (non-hydrogen) atoms. The molecule has 0 radical (unpaired) electrons. The first kappa shape index (κ1) is 25.4. The van der Waals surface area contributed by atoms with Gasteiger partial charge in [0.15, 0.2) is 11.5 Å². The number of nitrogens with one attached hydrogen (secondary N) is 1. The third-order valence-corrected chi connectivity index (χ3v) is 6.74. The number of hydrogen-bond acceptors (Lipinski definition) is 7. The number of hydrogen-bond donors (Lipinski definition) is 1. The summed E-state index contributed by atoms with van der Waals surface area (Å²) in [5.74, 6) is 0.360. The van der Waals surface area contributed by atoms with Gasteiger partial charge in [-0.3, -0.25) is 4.79 Å². The van der Waals surface area contributed by atoms with Gasteiger partial charge in [0.1, 0.15) is 11.5 Å². The molecule has 0 amide bonds. The third-order valence-electron chi connectivity index (χ3n) is 6.74. The minimum Gasteiger partial charge on any atom is -0.497 e. The highest BCUT2D eigenvalue weighted by atomic mass is 16.5. The van der Waals surface area contributed by atoms with Crippen molar-refractivity contribution in [2.75, 3.05) is 21.3 Å². The number of benzene rings is 2. The second-order valence-electron chi connectivity index (χ2n) is 9.36. The molecule has 2 aromatic carbocycles. The van der Waals surface area contributed by atoms with Gasteiger partial charge in [0, 0.05) is 29.7 Å². The second-order valence-corrected chi connectivity index (χ2v) is 9.36. The first-order valence-electron chi connectivity index (χ1n) is 12.1.